The monoisotopic (exact) mass is 338 g/mol. The van der Waals surface area contributed by atoms with Crippen molar-refractivity contribution in [3.05, 3.63) is 58.9 Å². The number of rotatable bonds is 4. The average molecular weight is 338 g/mol. The van der Waals surface area contributed by atoms with Crippen LogP contribution >= 0.6 is 0 Å². The Morgan fingerprint density at radius 3 is 2.60 bits per heavy atom. The summed E-state index contributed by atoms with van der Waals surface area (Å²) < 4.78 is 5.97. The number of piperidine rings is 1. The quantitative estimate of drug-likeness (QED) is 0.835. The van der Waals surface area contributed by atoms with E-state index in [1.165, 1.54) is 6.42 Å². The summed E-state index contributed by atoms with van der Waals surface area (Å²) in [6.07, 6.45) is 3.34. The van der Waals surface area contributed by atoms with Gasteiger partial charge in [0, 0.05) is 12.6 Å². The second-order valence-electron chi connectivity index (χ2n) is 6.87. The second kappa shape index (κ2) is 7.68. The number of para-hydroxylation sites is 1. The predicted octanol–water partition coefficient (Wildman–Crippen LogP) is 4.29. The van der Waals surface area contributed by atoms with Crippen molar-refractivity contribution < 1.29 is 9.53 Å². The van der Waals surface area contributed by atoms with Gasteiger partial charge in [-0.15, -0.1) is 0 Å². The molecule has 3 rings (SSSR count). The van der Waals surface area contributed by atoms with Crippen LogP contribution in [0.15, 0.2) is 36.4 Å². The molecule has 1 atom stereocenters. The van der Waals surface area contributed by atoms with Crippen LogP contribution < -0.4 is 4.74 Å². The molecule has 0 saturated carbocycles. The number of hydrogen-bond acceptors (Lipinski definition) is 3. The van der Waals surface area contributed by atoms with E-state index in [2.05, 4.69) is 11.9 Å². The molecule has 132 valence electrons. The van der Waals surface area contributed by atoms with Crippen LogP contribution in [0, 0.1) is 13.8 Å². The molecule has 1 unspecified atom stereocenters. The molecule has 1 fully saturated rings. The number of pyridine rings is 1. The molecule has 0 N–H and O–H groups in total. The van der Waals surface area contributed by atoms with E-state index in [1.807, 2.05) is 49.1 Å². The Morgan fingerprint density at radius 1 is 1.16 bits per heavy atom. The van der Waals surface area contributed by atoms with Gasteiger partial charge in [0.1, 0.15) is 18.1 Å². The Labute approximate surface area is 149 Å². The van der Waals surface area contributed by atoms with Gasteiger partial charge in [0.2, 0.25) is 0 Å². The summed E-state index contributed by atoms with van der Waals surface area (Å²) in [4.78, 5) is 19.3. The smallest absolute Gasteiger partial charge is 0.272 e. The number of aryl methyl sites for hydroxylation is 2. The van der Waals surface area contributed by atoms with E-state index in [-0.39, 0.29) is 11.9 Å². The SMILES string of the molecule is Cc1cccc(C)c1OCc1cccc(C(=O)N2CCCCC2C)n1. The molecule has 0 spiro atoms. The Balaban J connectivity index is 1.72. The number of hydrogen-bond donors (Lipinski definition) is 0. The summed E-state index contributed by atoms with van der Waals surface area (Å²) in [5, 5.41) is 0. The predicted molar refractivity (Wildman–Crippen MR) is 98.8 cm³/mol. The van der Waals surface area contributed by atoms with Crippen LogP contribution in [0.5, 0.6) is 5.75 Å². The summed E-state index contributed by atoms with van der Waals surface area (Å²) in [6.45, 7) is 7.37. The molecule has 2 aromatic rings. The van der Waals surface area contributed by atoms with Gasteiger partial charge in [0.15, 0.2) is 0 Å². The fourth-order valence-electron chi connectivity index (χ4n) is 3.40. The topological polar surface area (TPSA) is 42.4 Å². The van der Waals surface area contributed by atoms with Crippen molar-refractivity contribution >= 4 is 5.91 Å². The van der Waals surface area contributed by atoms with Gasteiger partial charge in [-0.3, -0.25) is 4.79 Å². The lowest BCUT2D eigenvalue weighted by atomic mass is 10.0. The van der Waals surface area contributed by atoms with Crippen LogP contribution in [-0.4, -0.2) is 28.4 Å². The number of likely N-dealkylation sites (tertiary alicyclic amines) is 1. The fourth-order valence-corrected chi connectivity index (χ4v) is 3.40. The minimum absolute atomic E-state index is 0.0288. The molecule has 4 heteroatoms. The number of aromatic nitrogens is 1. The first-order chi connectivity index (χ1) is 12.1. The van der Waals surface area contributed by atoms with Gasteiger partial charge in [-0.25, -0.2) is 4.98 Å². The molecule has 1 amide bonds. The van der Waals surface area contributed by atoms with Crippen LogP contribution in [0.1, 0.15) is 53.5 Å². The molecule has 1 aromatic heterocycles. The van der Waals surface area contributed by atoms with Crippen LogP contribution in [-0.2, 0) is 6.61 Å². The van der Waals surface area contributed by atoms with E-state index in [0.29, 0.717) is 12.3 Å². The van der Waals surface area contributed by atoms with E-state index in [9.17, 15) is 4.79 Å². The van der Waals surface area contributed by atoms with Crippen molar-refractivity contribution in [2.45, 2.75) is 52.7 Å². The number of carbonyl (C=O) groups is 1. The molecular weight excluding hydrogens is 312 g/mol. The number of amides is 1. The lowest BCUT2D eigenvalue weighted by Gasteiger charge is -2.33. The lowest BCUT2D eigenvalue weighted by molar-refractivity contribution is 0.0629. The molecular formula is C21H26N2O2. The maximum Gasteiger partial charge on any atom is 0.272 e. The fraction of sp³-hybridized carbons (Fsp3) is 0.429. The Morgan fingerprint density at radius 2 is 1.88 bits per heavy atom. The highest BCUT2D eigenvalue weighted by molar-refractivity contribution is 5.92. The second-order valence-corrected chi connectivity index (χ2v) is 6.87. The maximum atomic E-state index is 12.8. The molecule has 25 heavy (non-hydrogen) atoms. The lowest BCUT2D eigenvalue weighted by Crippen LogP contribution is -2.42. The van der Waals surface area contributed by atoms with Gasteiger partial charge in [-0.05, 0) is 63.3 Å². The number of ether oxygens (including phenoxy) is 1. The van der Waals surface area contributed by atoms with E-state index >= 15 is 0 Å². The molecule has 4 nitrogen and oxygen atoms in total. The van der Waals surface area contributed by atoms with Gasteiger partial charge in [0.05, 0.1) is 5.69 Å². The zero-order valence-electron chi connectivity index (χ0n) is 15.3. The molecule has 0 aliphatic carbocycles. The van der Waals surface area contributed by atoms with Crippen LogP contribution in [0.25, 0.3) is 0 Å². The van der Waals surface area contributed by atoms with Crippen molar-refractivity contribution in [3.63, 3.8) is 0 Å². The van der Waals surface area contributed by atoms with Gasteiger partial charge in [-0.2, -0.15) is 0 Å². The third kappa shape index (κ3) is 4.01. The maximum absolute atomic E-state index is 12.8. The summed E-state index contributed by atoms with van der Waals surface area (Å²) >= 11 is 0. The third-order valence-electron chi connectivity index (χ3n) is 4.86. The van der Waals surface area contributed by atoms with Crippen LogP contribution in [0.3, 0.4) is 0 Å². The first-order valence-corrected chi connectivity index (χ1v) is 9.02. The Kier molecular flexibility index (Phi) is 5.37. The standard InChI is InChI=1S/C21H26N2O2/c1-15-8-6-9-16(2)20(15)25-14-18-11-7-12-19(22-18)21(24)23-13-5-4-10-17(23)3/h6-9,11-12,17H,4-5,10,13-14H2,1-3H3. The number of nitrogens with zero attached hydrogens (tertiary/aromatic N) is 2. The van der Waals surface area contributed by atoms with Crippen molar-refractivity contribution in [2.24, 2.45) is 0 Å². The molecule has 1 aromatic carbocycles. The van der Waals surface area contributed by atoms with E-state index in [4.69, 9.17) is 4.74 Å². The third-order valence-corrected chi connectivity index (χ3v) is 4.86. The minimum atomic E-state index is 0.0288. The highest BCUT2D eigenvalue weighted by atomic mass is 16.5. The van der Waals surface area contributed by atoms with E-state index < -0.39 is 0 Å². The highest BCUT2D eigenvalue weighted by Gasteiger charge is 2.25. The van der Waals surface area contributed by atoms with Crippen molar-refractivity contribution in [2.75, 3.05) is 6.54 Å². The number of carbonyl (C=O) groups excluding carboxylic acids is 1. The Hall–Kier alpha value is -2.36. The summed E-state index contributed by atoms with van der Waals surface area (Å²) in [7, 11) is 0. The molecule has 1 saturated heterocycles. The van der Waals surface area contributed by atoms with Gasteiger partial charge < -0.3 is 9.64 Å². The minimum Gasteiger partial charge on any atom is -0.487 e. The number of benzene rings is 1. The summed E-state index contributed by atoms with van der Waals surface area (Å²) in [5.74, 6) is 0.923. The first-order valence-electron chi connectivity index (χ1n) is 9.02. The van der Waals surface area contributed by atoms with Gasteiger partial charge in [0.25, 0.3) is 5.91 Å². The first kappa shape index (κ1) is 17.5. The van der Waals surface area contributed by atoms with Gasteiger partial charge in [-0.1, -0.05) is 24.3 Å². The van der Waals surface area contributed by atoms with Gasteiger partial charge >= 0.3 is 0 Å². The average Bonchev–Trinajstić information content (AvgIpc) is 2.61. The normalized spacial score (nSPS) is 17.4. The molecule has 2 heterocycles. The summed E-state index contributed by atoms with van der Waals surface area (Å²) in [6, 6.07) is 12.0. The highest BCUT2D eigenvalue weighted by Crippen LogP contribution is 2.23. The van der Waals surface area contributed by atoms with Crippen molar-refractivity contribution in [1.29, 1.82) is 0 Å². The Bertz CT molecular complexity index is 737. The van der Waals surface area contributed by atoms with E-state index in [0.717, 1.165) is 42.0 Å². The van der Waals surface area contributed by atoms with Crippen molar-refractivity contribution in [3.8, 4) is 5.75 Å². The largest absolute Gasteiger partial charge is 0.487 e. The molecule has 0 bridgehead atoms. The van der Waals surface area contributed by atoms with E-state index in [1.54, 1.807) is 6.07 Å². The summed E-state index contributed by atoms with van der Waals surface area (Å²) in [5.41, 5.74) is 3.50. The molecule has 1 aliphatic rings. The van der Waals surface area contributed by atoms with Crippen LogP contribution in [0.4, 0.5) is 0 Å². The molecule has 1 aliphatic heterocycles. The zero-order chi connectivity index (χ0) is 17.8. The molecule has 0 radical (unpaired) electrons. The zero-order valence-corrected chi connectivity index (χ0v) is 15.3. The van der Waals surface area contributed by atoms with Crippen molar-refractivity contribution in [1.82, 2.24) is 9.88 Å². The van der Waals surface area contributed by atoms with Crippen LogP contribution in [0.2, 0.25) is 0 Å².